The first-order chi connectivity index (χ1) is 25.0. The van der Waals surface area contributed by atoms with Crippen molar-refractivity contribution in [3.8, 4) is 0 Å². The number of aliphatic hydroxyl groups excluding tert-OH is 1. The van der Waals surface area contributed by atoms with E-state index in [4.69, 9.17) is 28.4 Å². The average Bonchev–Trinajstić information content (AvgIpc) is 3.45. The zero-order chi connectivity index (χ0) is 38.8. The largest absolute Gasteiger partial charge is 0.458 e. The topological polar surface area (TPSA) is 142 Å². The molecule has 12 heteroatoms. The van der Waals surface area contributed by atoms with Gasteiger partial charge in [-0.15, -0.1) is 0 Å². The fourth-order valence-electron chi connectivity index (χ4n) is 9.41. The van der Waals surface area contributed by atoms with E-state index >= 15 is 0 Å². The predicted molar refractivity (Wildman–Crippen MR) is 198 cm³/mol. The molecule has 0 radical (unpaired) electrons. The normalized spacial score (nSPS) is 43.2. The number of esters is 2. The van der Waals surface area contributed by atoms with Gasteiger partial charge >= 0.3 is 11.9 Å². The SMILES string of the molecule is CC[C@H]1OC(=O)[C@H](C)[C@H]2OCC(NCc3ccccc3)CO[C@](C)(C[C@@H](C)C(=O)[C@H](C)[C@@H]3CC(=O)O[C@]13C)[C@H](O[C@@H]1O[C@H](C)C[C@H](N(C)C)[C@H]1O)[C@H]2C. The number of nitrogens with zero attached hydrogens (tertiary/aromatic N) is 1. The summed E-state index contributed by atoms with van der Waals surface area (Å²) in [4.78, 5) is 43.6. The van der Waals surface area contributed by atoms with Gasteiger partial charge in [-0.1, -0.05) is 58.0 Å². The van der Waals surface area contributed by atoms with Crippen molar-refractivity contribution in [2.75, 3.05) is 27.3 Å². The van der Waals surface area contributed by atoms with E-state index < -0.39 is 83.4 Å². The molecule has 0 amide bonds. The highest BCUT2D eigenvalue weighted by Crippen LogP contribution is 2.46. The molecule has 0 aliphatic carbocycles. The van der Waals surface area contributed by atoms with E-state index in [-0.39, 0.29) is 50.0 Å². The fraction of sp³-hybridized carbons (Fsp3) is 0.780. The molecule has 4 fully saturated rings. The van der Waals surface area contributed by atoms with Gasteiger partial charge in [-0.3, -0.25) is 14.4 Å². The van der Waals surface area contributed by atoms with Crippen LogP contribution in [0.1, 0.15) is 86.6 Å². The van der Waals surface area contributed by atoms with Gasteiger partial charge in [0, 0.05) is 36.3 Å². The zero-order valence-corrected chi connectivity index (χ0v) is 33.4. The van der Waals surface area contributed by atoms with Crippen molar-refractivity contribution in [1.82, 2.24) is 10.2 Å². The summed E-state index contributed by atoms with van der Waals surface area (Å²) in [6, 6.07) is 9.56. The summed E-state index contributed by atoms with van der Waals surface area (Å²) in [6.45, 7) is 16.1. The van der Waals surface area contributed by atoms with Crippen LogP contribution >= 0.6 is 0 Å². The summed E-state index contributed by atoms with van der Waals surface area (Å²) in [7, 11) is 3.85. The van der Waals surface area contributed by atoms with E-state index in [1.807, 2.05) is 90.9 Å². The number of fused-ring (bicyclic) bond motifs is 4. The second kappa shape index (κ2) is 17.1. The van der Waals surface area contributed by atoms with Gasteiger partial charge in [0.1, 0.15) is 23.6 Å². The minimum atomic E-state index is -1.18. The highest BCUT2D eigenvalue weighted by atomic mass is 16.7. The minimum absolute atomic E-state index is 0.0379. The lowest BCUT2D eigenvalue weighted by molar-refractivity contribution is -0.302. The van der Waals surface area contributed by atoms with Crippen LogP contribution in [0.5, 0.6) is 0 Å². The standard InChI is InChI=1S/C41H64N2O10/c1-11-32-41(8)30(18-33(44)53-41)25(4)34(45)23(2)19-40(7)37(52-39-35(46)31(43(9)10)17-24(3)50-39)26(5)36(27(6)38(47)51-32)48-21-29(22-49-40)42-20-28-15-13-12-14-16-28/h12-16,23-27,29-32,35-37,39,42,46H,11,17-22H2,1-10H3/t23-,24-,25-,26+,27-,29?,30+,31+,32-,35-,36+,37-,39+,40-,41+/m1/s1. The van der Waals surface area contributed by atoms with E-state index in [1.165, 1.54) is 0 Å². The zero-order valence-electron chi connectivity index (χ0n) is 33.4. The lowest BCUT2D eigenvalue weighted by atomic mass is 9.70. The molecule has 0 aromatic heterocycles. The van der Waals surface area contributed by atoms with E-state index in [0.717, 1.165) is 5.56 Å². The number of benzene rings is 1. The van der Waals surface area contributed by atoms with Crippen LogP contribution in [-0.2, 0) is 49.3 Å². The van der Waals surface area contributed by atoms with Gasteiger partial charge in [0.15, 0.2) is 6.29 Å². The van der Waals surface area contributed by atoms with Crippen molar-refractivity contribution in [2.24, 2.45) is 29.6 Å². The van der Waals surface area contributed by atoms with E-state index in [9.17, 15) is 19.5 Å². The molecule has 12 nitrogen and oxygen atoms in total. The number of rotatable bonds is 7. The number of carbonyl (C=O) groups excluding carboxylic acids is 3. The Hall–Kier alpha value is -2.45. The van der Waals surface area contributed by atoms with Crippen LogP contribution in [0.15, 0.2) is 30.3 Å². The number of ketones is 1. The van der Waals surface area contributed by atoms with E-state index in [2.05, 4.69) is 5.32 Å². The van der Waals surface area contributed by atoms with Gasteiger partial charge < -0.3 is 43.7 Å². The van der Waals surface area contributed by atoms with Gasteiger partial charge in [-0.25, -0.2) is 0 Å². The molecule has 2 N–H and O–H groups in total. The number of nitrogens with one attached hydrogen (secondary N) is 1. The van der Waals surface area contributed by atoms with Crippen LogP contribution in [0.25, 0.3) is 0 Å². The predicted octanol–water partition coefficient (Wildman–Crippen LogP) is 4.29. The third kappa shape index (κ3) is 9.00. The Labute approximate surface area is 315 Å². The van der Waals surface area contributed by atoms with Crippen molar-refractivity contribution in [3.63, 3.8) is 0 Å². The van der Waals surface area contributed by atoms with Crippen molar-refractivity contribution < 1.29 is 47.9 Å². The Morgan fingerprint density at radius 3 is 2.36 bits per heavy atom. The number of likely N-dealkylation sites (N-methyl/N-ethyl adjacent to an activating group) is 1. The average molecular weight is 745 g/mol. The molecule has 1 unspecified atom stereocenters. The highest BCUT2D eigenvalue weighted by molar-refractivity contribution is 5.85. The maximum absolute atomic E-state index is 14.5. The Morgan fingerprint density at radius 2 is 1.70 bits per heavy atom. The van der Waals surface area contributed by atoms with Crippen molar-refractivity contribution in [1.29, 1.82) is 0 Å². The molecular formula is C41H64N2O10. The smallest absolute Gasteiger partial charge is 0.311 e. The summed E-state index contributed by atoms with van der Waals surface area (Å²) < 4.78 is 39.2. The molecule has 1 aromatic rings. The Balaban J connectivity index is 1.59. The lowest BCUT2D eigenvalue weighted by Crippen LogP contribution is -2.60. The van der Waals surface area contributed by atoms with Gasteiger partial charge in [0.25, 0.3) is 0 Å². The number of carbonyl (C=O) groups is 3. The lowest BCUT2D eigenvalue weighted by Gasteiger charge is -2.48. The number of Topliss-reactive ketones (excluding diaryl/α,β-unsaturated/α-hetero) is 1. The maximum atomic E-state index is 14.5. The van der Waals surface area contributed by atoms with E-state index in [1.54, 1.807) is 13.8 Å². The maximum Gasteiger partial charge on any atom is 0.311 e. The van der Waals surface area contributed by atoms with Crippen LogP contribution in [-0.4, -0.2) is 115 Å². The third-order valence-electron chi connectivity index (χ3n) is 12.5. The quantitative estimate of drug-likeness (QED) is 0.385. The summed E-state index contributed by atoms with van der Waals surface area (Å²) in [5.41, 5.74) is -1.19. The third-order valence-corrected chi connectivity index (χ3v) is 12.5. The second-order valence-electron chi connectivity index (χ2n) is 16.9. The Kier molecular flexibility index (Phi) is 13.5. The summed E-state index contributed by atoms with van der Waals surface area (Å²) in [5, 5.41) is 15.2. The molecule has 0 spiro atoms. The molecule has 0 saturated carbocycles. The first kappa shape index (κ1) is 41.7. The molecule has 53 heavy (non-hydrogen) atoms. The van der Waals surface area contributed by atoms with Gasteiger partial charge in [-0.2, -0.15) is 0 Å². The molecule has 4 heterocycles. The first-order valence-corrected chi connectivity index (χ1v) is 19.6. The van der Waals surface area contributed by atoms with Crippen molar-refractivity contribution in [3.05, 3.63) is 35.9 Å². The second-order valence-corrected chi connectivity index (χ2v) is 16.9. The molecular weight excluding hydrogens is 680 g/mol. The van der Waals surface area contributed by atoms with Gasteiger partial charge in [0.05, 0.1) is 55.5 Å². The highest BCUT2D eigenvalue weighted by Gasteiger charge is 2.57. The molecule has 1 aromatic carbocycles. The molecule has 4 aliphatic heterocycles. The number of hydrogen-bond donors (Lipinski definition) is 2. The number of aliphatic hydroxyl groups is 1. The monoisotopic (exact) mass is 744 g/mol. The van der Waals surface area contributed by atoms with Crippen LogP contribution < -0.4 is 5.32 Å². The first-order valence-electron chi connectivity index (χ1n) is 19.6. The molecule has 298 valence electrons. The van der Waals surface area contributed by atoms with Crippen LogP contribution in [0.2, 0.25) is 0 Å². The van der Waals surface area contributed by atoms with Crippen LogP contribution in [0.3, 0.4) is 0 Å². The number of ether oxygens (including phenoxy) is 6. The van der Waals surface area contributed by atoms with Crippen LogP contribution in [0, 0.1) is 29.6 Å². The van der Waals surface area contributed by atoms with Crippen LogP contribution in [0.4, 0.5) is 0 Å². The fourth-order valence-corrected chi connectivity index (χ4v) is 9.41. The molecule has 15 atom stereocenters. The van der Waals surface area contributed by atoms with Gasteiger partial charge in [0.2, 0.25) is 0 Å². The Morgan fingerprint density at radius 1 is 1.00 bits per heavy atom. The number of cyclic esters (lactones) is 1. The summed E-state index contributed by atoms with van der Waals surface area (Å²) in [5.74, 6) is -3.81. The molecule has 4 saturated heterocycles. The molecule has 2 bridgehead atoms. The minimum Gasteiger partial charge on any atom is -0.458 e. The molecule has 5 rings (SSSR count). The summed E-state index contributed by atoms with van der Waals surface area (Å²) >= 11 is 0. The Bertz CT molecular complexity index is 1410. The van der Waals surface area contributed by atoms with Crippen molar-refractivity contribution >= 4 is 17.7 Å². The van der Waals surface area contributed by atoms with Gasteiger partial charge in [-0.05, 0) is 66.6 Å². The summed E-state index contributed by atoms with van der Waals surface area (Å²) in [6.07, 6.45) is -3.12. The van der Waals surface area contributed by atoms with Crippen molar-refractivity contribution in [2.45, 2.75) is 148 Å². The molecule has 4 aliphatic rings. The van der Waals surface area contributed by atoms with E-state index in [0.29, 0.717) is 19.4 Å². The number of hydrogen-bond acceptors (Lipinski definition) is 12.